The third kappa shape index (κ3) is 4.42. The third-order valence-electron chi connectivity index (χ3n) is 2.21. The Labute approximate surface area is 94.5 Å². The van der Waals surface area contributed by atoms with Gasteiger partial charge in [0.05, 0.1) is 6.42 Å². The van der Waals surface area contributed by atoms with Crippen molar-refractivity contribution < 1.29 is 19.7 Å². The maximum atomic E-state index is 11.3. The van der Waals surface area contributed by atoms with Crippen molar-refractivity contribution in [3.63, 3.8) is 0 Å². The number of benzene rings is 1. The average Bonchev–Trinajstić information content (AvgIpc) is 2.34. The van der Waals surface area contributed by atoms with Gasteiger partial charge < -0.3 is 14.9 Å². The van der Waals surface area contributed by atoms with Gasteiger partial charge in [0, 0.05) is 19.1 Å². The molecule has 0 aliphatic heterocycles. The van der Waals surface area contributed by atoms with Crippen LogP contribution in [0.25, 0.3) is 0 Å². The summed E-state index contributed by atoms with van der Waals surface area (Å²) >= 11 is 0. The summed E-state index contributed by atoms with van der Waals surface area (Å²) in [6.45, 7) is -0.197. The predicted molar refractivity (Wildman–Crippen MR) is 58.5 cm³/mol. The smallest absolute Gasteiger partial charge is 0.306 e. The first-order chi connectivity index (χ1) is 7.76. The summed E-state index contributed by atoms with van der Waals surface area (Å²) in [6, 6.07) is 9.35. The van der Waals surface area contributed by atoms with Gasteiger partial charge in [-0.3, -0.25) is 4.79 Å². The molecule has 16 heavy (non-hydrogen) atoms. The fourth-order valence-corrected chi connectivity index (χ4v) is 1.22. The quantitative estimate of drug-likeness (QED) is 0.699. The molecule has 0 aromatic heterocycles. The zero-order valence-electron chi connectivity index (χ0n) is 9.00. The minimum absolute atomic E-state index is 0.0415. The molecule has 0 amide bonds. The van der Waals surface area contributed by atoms with E-state index in [0.717, 1.165) is 5.56 Å². The summed E-state index contributed by atoms with van der Waals surface area (Å²) in [5.74, 6) is -0.833. The second-order valence-corrected chi connectivity index (χ2v) is 3.58. The molecule has 0 fully saturated rings. The Kier molecular flexibility index (Phi) is 5.53. The molecule has 1 aromatic carbocycles. The lowest BCUT2D eigenvalue weighted by atomic mass is 10.1. The Morgan fingerprint density at radius 3 is 2.38 bits per heavy atom. The van der Waals surface area contributed by atoms with Crippen molar-refractivity contribution in [2.45, 2.75) is 13.0 Å². The summed E-state index contributed by atoms with van der Waals surface area (Å²) < 4.78 is 5.00. The van der Waals surface area contributed by atoms with Crippen molar-refractivity contribution in [3.8, 4) is 0 Å². The first-order valence-electron chi connectivity index (χ1n) is 5.17. The van der Waals surface area contributed by atoms with E-state index >= 15 is 0 Å². The highest BCUT2D eigenvalue weighted by molar-refractivity contribution is 5.69. The fourth-order valence-electron chi connectivity index (χ4n) is 1.22. The molecule has 0 aliphatic carbocycles. The maximum Gasteiger partial charge on any atom is 0.306 e. The van der Waals surface area contributed by atoms with Crippen molar-refractivity contribution in [2.75, 3.05) is 13.2 Å². The molecule has 0 heterocycles. The molecule has 0 radical (unpaired) electrons. The Morgan fingerprint density at radius 1 is 1.19 bits per heavy atom. The van der Waals surface area contributed by atoms with Crippen LogP contribution in [0.15, 0.2) is 30.3 Å². The SMILES string of the molecule is O=C(CC(CO)CO)OCc1ccccc1. The average molecular weight is 224 g/mol. The molecule has 1 rings (SSSR count). The largest absolute Gasteiger partial charge is 0.461 e. The second-order valence-electron chi connectivity index (χ2n) is 3.58. The maximum absolute atomic E-state index is 11.3. The van der Waals surface area contributed by atoms with E-state index in [2.05, 4.69) is 0 Å². The van der Waals surface area contributed by atoms with Crippen LogP contribution in [-0.4, -0.2) is 29.4 Å². The van der Waals surface area contributed by atoms with E-state index in [1.807, 2.05) is 30.3 Å². The minimum atomic E-state index is -0.428. The number of aliphatic hydroxyl groups excluding tert-OH is 2. The lowest BCUT2D eigenvalue weighted by Crippen LogP contribution is -2.17. The molecule has 0 spiro atoms. The molecule has 0 aliphatic rings. The van der Waals surface area contributed by atoms with E-state index in [1.54, 1.807) is 0 Å². The number of carbonyl (C=O) groups is 1. The van der Waals surface area contributed by atoms with E-state index < -0.39 is 11.9 Å². The molecule has 0 unspecified atom stereocenters. The topological polar surface area (TPSA) is 66.8 Å². The van der Waals surface area contributed by atoms with Gasteiger partial charge in [-0.05, 0) is 5.56 Å². The Hall–Kier alpha value is -1.39. The highest BCUT2D eigenvalue weighted by Crippen LogP contribution is 2.06. The van der Waals surface area contributed by atoms with Crippen molar-refractivity contribution >= 4 is 5.97 Å². The van der Waals surface area contributed by atoms with Crippen molar-refractivity contribution in [2.24, 2.45) is 5.92 Å². The molecular weight excluding hydrogens is 208 g/mol. The van der Waals surface area contributed by atoms with Gasteiger partial charge in [-0.15, -0.1) is 0 Å². The number of esters is 1. The van der Waals surface area contributed by atoms with Gasteiger partial charge in [0.1, 0.15) is 6.61 Å². The summed E-state index contributed by atoms with van der Waals surface area (Å²) in [7, 11) is 0. The van der Waals surface area contributed by atoms with Crippen molar-refractivity contribution in [1.82, 2.24) is 0 Å². The molecule has 1 aromatic rings. The van der Waals surface area contributed by atoms with Crippen LogP contribution in [-0.2, 0) is 16.1 Å². The van der Waals surface area contributed by atoms with Crippen LogP contribution in [0.2, 0.25) is 0 Å². The van der Waals surface area contributed by atoms with E-state index in [1.165, 1.54) is 0 Å². The Bertz CT molecular complexity index is 306. The second kappa shape index (κ2) is 6.98. The summed E-state index contributed by atoms with van der Waals surface area (Å²) in [5.41, 5.74) is 0.917. The number of hydrogen-bond acceptors (Lipinski definition) is 4. The number of rotatable bonds is 6. The fraction of sp³-hybridized carbons (Fsp3) is 0.417. The normalized spacial score (nSPS) is 10.4. The number of aliphatic hydroxyl groups is 2. The predicted octanol–water partition coefficient (Wildman–Crippen LogP) is 0.721. The summed E-state index contributed by atoms with van der Waals surface area (Å²) in [5, 5.41) is 17.6. The molecule has 0 saturated heterocycles. The highest BCUT2D eigenvalue weighted by atomic mass is 16.5. The van der Waals surface area contributed by atoms with Crippen LogP contribution in [0, 0.1) is 5.92 Å². The van der Waals surface area contributed by atoms with Crippen molar-refractivity contribution in [3.05, 3.63) is 35.9 Å². The summed E-state index contributed by atoms with van der Waals surface area (Å²) in [4.78, 5) is 11.3. The van der Waals surface area contributed by atoms with Crippen molar-refractivity contribution in [1.29, 1.82) is 0 Å². The van der Waals surface area contributed by atoms with Crippen LogP contribution >= 0.6 is 0 Å². The van der Waals surface area contributed by atoms with Gasteiger partial charge in [0.15, 0.2) is 0 Å². The van der Waals surface area contributed by atoms with Gasteiger partial charge in [0.25, 0.3) is 0 Å². The van der Waals surface area contributed by atoms with Crippen LogP contribution < -0.4 is 0 Å². The molecule has 4 nitrogen and oxygen atoms in total. The Morgan fingerprint density at radius 2 is 1.81 bits per heavy atom. The van der Waals surface area contributed by atoms with Gasteiger partial charge >= 0.3 is 5.97 Å². The molecule has 88 valence electrons. The molecule has 0 atom stereocenters. The zero-order valence-corrected chi connectivity index (χ0v) is 9.00. The van der Waals surface area contributed by atoms with Gasteiger partial charge in [-0.2, -0.15) is 0 Å². The van der Waals surface area contributed by atoms with E-state index in [4.69, 9.17) is 14.9 Å². The van der Waals surface area contributed by atoms with E-state index in [9.17, 15) is 4.79 Å². The minimum Gasteiger partial charge on any atom is -0.461 e. The Balaban J connectivity index is 2.30. The van der Waals surface area contributed by atoms with Gasteiger partial charge in [-0.1, -0.05) is 30.3 Å². The van der Waals surface area contributed by atoms with Gasteiger partial charge in [0.2, 0.25) is 0 Å². The number of ether oxygens (including phenoxy) is 1. The van der Waals surface area contributed by atoms with Crippen LogP contribution in [0.5, 0.6) is 0 Å². The van der Waals surface area contributed by atoms with Crippen LogP contribution in [0.4, 0.5) is 0 Å². The molecule has 0 saturated carbocycles. The lowest BCUT2D eigenvalue weighted by Gasteiger charge is -2.10. The first kappa shape index (κ1) is 12.7. The zero-order chi connectivity index (χ0) is 11.8. The van der Waals surface area contributed by atoms with Gasteiger partial charge in [-0.25, -0.2) is 0 Å². The standard InChI is InChI=1S/C12H16O4/c13-7-11(8-14)6-12(15)16-9-10-4-2-1-3-5-10/h1-5,11,13-14H,6-9H2. The first-order valence-corrected chi connectivity index (χ1v) is 5.17. The molecule has 2 N–H and O–H groups in total. The number of hydrogen-bond donors (Lipinski definition) is 2. The lowest BCUT2D eigenvalue weighted by molar-refractivity contribution is -0.146. The molecule has 4 heteroatoms. The van der Waals surface area contributed by atoms with E-state index in [-0.39, 0.29) is 26.2 Å². The monoisotopic (exact) mass is 224 g/mol. The molecular formula is C12H16O4. The highest BCUT2D eigenvalue weighted by Gasteiger charge is 2.12. The van der Waals surface area contributed by atoms with Crippen LogP contribution in [0.3, 0.4) is 0 Å². The molecule has 0 bridgehead atoms. The third-order valence-corrected chi connectivity index (χ3v) is 2.21. The number of carbonyl (C=O) groups excluding carboxylic acids is 1. The van der Waals surface area contributed by atoms with E-state index in [0.29, 0.717) is 0 Å². The summed E-state index contributed by atoms with van der Waals surface area (Å²) in [6.07, 6.45) is 0.0415. The van der Waals surface area contributed by atoms with Crippen LogP contribution in [0.1, 0.15) is 12.0 Å².